The molecule has 1 N–H and O–H groups in total. The minimum Gasteiger partial charge on any atom is -0.375 e. The van der Waals surface area contributed by atoms with Gasteiger partial charge < -0.3 is 15.0 Å². The summed E-state index contributed by atoms with van der Waals surface area (Å²) in [6, 6.07) is 0.191. The lowest BCUT2D eigenvalue weighted by Gasteiger charge is -2.32. The lowest BCUT2D eigenvalue weighted by molar-refractivity contribution is -0.136. The Morgan fingerprint density at radius 2 is 2.06 bits per heavy atom. The van der Waals surface area contributed by atoms with Crippen molar-refractivity contribution in [2.24, 2.45) is 0 Å². The van der Waals surface area contributed by atoms with Gasteiger partial charge in [0.15, 0.2) is 0 Å². The molecule has 2 amide bonds. The summed E-state index contributed by atoms with van der Waals surface area (Å²) in [5, 5.41) is 3.23. The second-order valence-electron chi connectivity index (χ2n) is 3.79. The van der Waals surface area contributed by atoms with E-state index in [1.165, 1.54) is 7.11 Å². The highest BCUT2D eigenvalue weighted by atomic mass is 79.9. The van der Waals surface area contributed by atoms with E-state index in [1.807, 2.05) is 0 Å². The third kappa shape index (κ3) is 4.09. The molecule has 0 aromatic heterocycles. The van der Waals surface area contributed by atoms with Gasteiger partial charge in [-0.1, -0.05) is 15.9 Å². The number of rotatable bonds is 4. The maximum Gasteiger partial charge on any atom is 0.248 e. The third-order valence-electron chi connectivity index (χ3n) is 2.60. The first-order chi connectivity index (χ1) is 7.67. The predicted molar refractivity (Wildman–Crippen MR) is 63.4 cm³/mol. The van der Waals surface area contributed by atoms with Crippen molar-refractivity contribution >= 4 is 27.7 Å². The van der Waals surface area contributed by atoms with Gasteiger partial charge in [-0.15, -0.1) is 0 Å². The largest absolute Gasteiger partial charge is 0.375 e. The highest BCUT2D eigenvalue weighted by Crippen LogP contribution is 2.10. The first kappa shape index (κ1) is 13.4. The van der Waals surface area contributed by atoms with Crippen molar-refractivity contribution in [3.05, 3.63) is 0 Å². The lowest BCUT2D eigenvalue weighted by Crippen LogP contribution is -2.47. The molecule has 6 heteroatoms. The molecule has 1 heterocycles. The van der Waals surface area contributed by atoms with Crippen LogP contribution in [-0.4, -0.2) is 54.9 Å². The molecule has 0 aromatic rings. The monoisotopic (exact) mass is 292 g/mol. The van der Waals surface area contributed by atoms with Crippen molar-refractivity contribution in [3.8, 4) is 0 Å². The Morgan fingerprint density at radius 3 is 2.56 bits per heavy atom. The van der Waals surface area contributed by atoms with E-state index in [9.17, 15) is 9.59 Å². The van der Waals surface area contributed by atoms with Crippen molar-refractivity contribution in [2.75, 3.05) is 32.1 Å². The van der Waals surface area contributed by atoms with E-state index in [1.54, 1.807) is 4.90 Å². The van der Waals surface area contributed by atoms with Gasteiger partial charge >= 0.3 is 0 Å². The van der Waals surface area contributed by atoms with Crippen molar-refractivity contribution in [2.45, 2.75) is 18.9 Å². The second-order valence-corrected chi connectivity index (χ2v) is 4.35. The summed E-state index contributed by atoms with van der Waals surface area (Å²) < 4.78 is 4.80. The standard InChI is InChI=1S/C10H17BrN2O3/c1-16-7-10(15)13-4-2-8(3-5-13)12-9(14)6-11/h8H,2-7H2,1H3,(H,12,14). The molecule has 0 aliphatic carbocycles. The van der Waals surface area contributed by atoms with Crippen molar-refractivity contribution in [3.63, 3.8) is 0 Å². The Labute approximate surface area is 104 Å². The number of likely N-dealkylation sites (tertiary alicyclic amines) is 1. The van der Waals surface area contributed by atoms with Gasteiger partial charge in [0.2, 0.25) is 11.8 Å². The van der Waals surface area contributed by atoms with Gasteiger partial charge in [0, 0.05) is 26.2 Å². The number of ether oxygens (including phenoxy) is 1. The van der Waals surface area contributed by atoms with Crippen LogP contribution in [0.15, 0.2) is 0 Å². The molecule has 5 nitrogen and oxygen atoms in total. The molecule has 0 atom stereocenters. The van der Waals surface area contributed by atoms with Gasteiger partial charge in [0.1, 0.15) is 6.61 Å². The zero-order valence-electron chi connectivity index (χ0n) is 9.37. The fraction of sp³-hybridized carbons (Fsp3) is 0.800. The molecule has 1 saturated heterocycles. The summed E-state index contributed by atoms with van der Waals surface area (Å²) in [6.07, 6.45) is 1.63. The quantitative estimate of drug-likeness (QED) is 0.750. The predicted octanol–water partition coefficient (Wildman–Crippen LogP) is 0.135. The fourth-order valence-corrected chi connectivity index (χ4v) is 1.92. The van der Waals surface area contributed by atoms with Gasteiger partial charge in [-0.3, -0.25) is 9.59 Å². The van der Waals surface area contributed by atoms with Crippen LogP contribution >= 0.6 is 15.9 Å². The van der Waals surface area contributed by atoms with Crippen LogP contribution in [0.1, 0.15) is 12.8 Å². The summed E-state index contributed by atoms with van der Waals surface area (Å²) in [5.74, 6) is 0.0226. The van der Waals surface area contributed by atoms with E-state index < -0.39 is 0 Å². The zero-order chi connectivity index (χ0) is 12.0. The number of hydrogen-bond acceptors (Lipinski definition) is 3. The van der Waals surface area contributed by atoms with Gasteiger partial charge in [0.25, 0.3) is 0 Å². The molecule has 1 aliphatic heterocycles. The van der Waals surface area contributed by atoms with E-state index in [0.29, 0.717) is 18.4 Å². The Hall–Kier alpha value is -0.620. The highest BCUT2D eigenvalue weighted by molar-refractivity contribution is 9.09. The number of methoxy groups -OCH3 is 1. The third-order valence-corrected chi connectivity index (χ3v) is 3.11. The summed E-state index contributed by atoms with van der Waals surface area (Å²) in [5.41, 5.74) is 0. The van der Waals surface area contributed by atoms with Gasteiger partial charge in [-0.2, -0.15) is 0 Å². The molecule has 0 unspecified atom stereocenters. The molecule has 92 valence electrons. The van der Waals surface area contributed by atoms with Gasteiger partial charge in [-0.05, 0) is 12.8 Å². The normalized spacial score (nSPS) is 17.2. The summed E-state index contributed by atoms with van der Waals surface area (Å²) in [7, 11) is 1.51. The molecular weight excluding hydrogens is 276 g/mol. The molecular formula is C10H17BrN2O3. The van der Waals surface area contributed by atoms with Crippen LogP contribution in [0.4, 0.5) is 0 Å². The minimum atomic E-state index is 0.00154. The van der Waals surface area contributed by atoms with Crippen LogP contribution in [-0.2, 0) is 14.3 Å². The van der Waals surface area contributed by atoms with Crippen LogP contribution in [0.3, 0.4) is 0 Å². The summed E-state index contributed by atoms with van der Waals surface area (Å²) in [6.45, 7) is 1.52. The Balaban J connectivity index is 2.28. The number of nitrogens with zero attached hydrogens (tertiary/aromatic N) is 1. The van der Waals surface area contributed by atoms with Gasteiger partial charge in [0.05, 0.1) is 5.33 Å². The van der Waals surface area contributed by atoms with E-state index in [0.717, 1.165) is 12.8 Å². The zero-order valence-corrected chi connectivity index (χ0v) is 11.0. The molecule has 1 aliphatic rings. The molecule has 1 rings (SSSR count). The molecule has 0 spiro atoms. The van der Waals surface area contributed by atoms with E-state index in [-0.39, 0.29) is 24.5 Å². The number of carbonyl (C=O) groups is 2. The van der Waals surface area contributed by atoms with Crippen molar-refractivity contribution in [1.82, 2.24) is 10.2 Å². The minimum absolute atomic E-state index is 0.00154. The van der Waals surface area contributed by atoms with Crippen molar-refractivity contribution in [1.29, 1.82) is 0 Å². The second kappa shape index (κ2) is 6.85. The Morgan fingerprint density at radius 1 is 1.44 bits per heavy atom. The van der Waals surface area contributed by atoms with Crippen LogP contribution in [0.25, 0.3) is 0 Å². The number of piperidine rings is 1. The average Bonchev–Trinajstić information content (AvgIpc) is 2.30. The SMILES string of the molecule is COCC(=O)N1CCC(NC(=O)CBr)CC1. The van der Waals surface area contributed by atoms with Crippen LogP contribution in [0.5, 0.6) is 0 Å². The van der Waals surface area contributed by atoms with E-state index in [4.69, 9.17) is 4.74 Å². The van der Waals surface area contributed by atoms with E-state index >= 15 is 0 Å². The first-order valence-electron chi connectivity index (χ1n) is 5.29. The van der Waals surface area contributed by atoms with E-state index in [2.05, 4.69) is 21.2 Å². The highest BCUT2D eigenvalue weighted by Gasteiger charge is 2.23. The Kier molecular flexibility index (Phi) is 5.76. The number of hydrogen-bond donors (Lipinski definition) is 1. The number of amides is 2. The van der Waals surface area contributed by atoms with Crippen molar-refractivity contribution < 1.29 is 14.3 Å². The Bertz CT molecular complexity index is 252. The smallest absolute Gasteiger partial charge is 0.248 e. The van der Waals surface area contributed by atoms with Gasteiger partial charge in [-0.25, -0.2) is 0 Å². The number of nitrogens with one attached hydrogen (secondary N) is 1. The van der Waals surface area contributed by atoms with Crippen LogP contribution in [0, 0.1) is 0 Å². The van der Waals surface area contributed by atoms with Crippen LogP contribution in [0.2, 0.25) is 0 Å². The fourth-order valence-electron chi connectivity index (χ4n) is 1.75. The molecule has 0 aromatic carbocycles. The molecule has 0 bridgehead atoms. The summed E-state index contributed by atoms with van der Waals surface area (Å²) >= 11 is 3.10. The molecule has 1 fully saturated rings. The molecule has 0 saturated carbocycles. The maximum absolute atomic E-state index is 11.5. The van der Waals surface area contributed by atoms with Crippen LogP contribution < -0.4 is 5.32 Å². The average molecular weight is 293 g/mol. The first-order valence-corrected chi connectivity index (χ1v) is 6.41. The maximum atomic E-state index is 11.5. The number of carbonyl (C=O) groups excluding carboxylic acids is 2. The summed E-state index contributed by atoms with van der Waals surface area (Å²) in [4.78, 5) is 24.4. The molecule has 16 heavy (non-hydrogen) atoms. The number of halogens is 1. The molecule has 0 radical (unpaired) electrons. The lowest BCUT2D eigenvalue weighted by atomic mass is 10.1. The number of alkyl halides is 1. The topological polar surface area (TPSA) is 58.6 Å².